The highest BCUT2D eigenvalue weighted by Crippen LogP contribution is 2.32. The fourth-order valence-corrected chi connectivity index (χ4v) is 4.39. The van der Waals surface area contributed by atoms with Gasteiger partial charge in [0, 0.05) is 18.2 Å². The van der Waals surface area contributed by atoms with E-state index in [2.05, 4.69) is 98.0 Å². The highest BCUT2D eigenvalue weighted by atomic mass is 16.5. The zero-order chi connectivity index (χ0) is 26.5. The van der Waals surface area contributed by atoms with Crippen molar-refractivity contribution < 1.29 is 4.74 Å². The van der Waals surface area contributed by atoms with E-state index in [1.165, 1.54) is 16.7 Å². The molecule has 0 aromatic heterocycles. The van der Waals surface area contributed by atoms with Gasteiger partial charge in [0.15, 0.2) is 0 Å². The largest absolute Gasteiger partial charge is 0.368 e. The zero-order valence-corrected chi connectivity index (χ0v) is 22.1. The van der Waals surface area contributed by atoms with Crippen LogP contribution in [0, 0.1) is 12.8 Å². The van der Waals surface area contributed by atoms with E-state index < -0.39 is 0 Å². The summed E-state index contributed by atoms with van der Waals surface area (Å²) in [5.74, 6) is 0.468. The number of nitrogens with two attached hydrogens (primary N) is 1. The number of fused-ring (bicyclic) bond motifs is 1. The van der Waals surface area contributed by atoms with Crippen LogP contribution < -0.4 is 11.1 Å². The van der Waals surface area contributed by atoms with E-state index in [0.29, 0.717) is 19.2 Å². The van der Waals surface area contributed by atoms with Crippen LogP contribution in [0.25, 0.3) is 0 Å². The summed E-state index contributed by atoms with van der Waals surface area (Å²) >= 11 is 0. The minimum atomic E-state index is -0.126. The van der Waals surface area contributed by atoms with Crippen molar-refractivity contribution in [2.75, 3.05) is 6.67 Å². The summed E-state index contributed by atoms with van der Waals surface area (Å²) in [6, 6.07) is 19.0. The van der Waals surface area contributed by atoms with E-state index in [4.69, 9.17) is 15.5 Å². The maximum atomic E-state index is 6.21. The SMILES string of the molecule is C=C.Cc1ccc(CC(=N/C=N\CNC2=CC=C3C(N)CCC3C=C2)C(C)OCc2ccccc2)cc1. The Kier molecular flexibility index (Phi) is 11.3. The normalized spacial score (nSPS) is 19.8. The Balaban J connectivity index is 0.00000186. The molecular formula is C32H40N4O. The maximum Gasteiger partial charge on any atom is 0.112 e. The Morgan fingerprint density at radius 3 is 2.59 bits per heavy atom. The molecule has 5 nitrogen and oxygen atoms in total. The molecule has 3 unspecified atom stereocenters. The van der Waals surface area contributed by atoms with Gasteiger partial charge in [-0.1, -0.05) is 72.3 Å². The minimum Gasteiger partial charge on any atom is -0.368 e. The predicted octanol–water partition coefficient (Wildman–Crippen LogP) is 6.08. The van der Waals surface area contributed by atoms with E-state index >= 15 is 0 Å². The van der Waals surface area contributed by atoms with Crippen molar-refractivity contribution in [1.82, 2.24) is 5.32 Å². The van der Waals surface area contributed by atoms with Gasteiger partial charge in [0.25, 0.3) is 0 Å². The second kappa shape index (κ2) is 14.9. The van der Waals surface area contributed by atoms with Gasteiger partial charge in [0.1, 0.15) is 13.0 Å². The molecule has 0 aliphatic heterocycles. The molecule has 0 bridgehead atoms. The number of hydrogen-bond donors (Lipinski definition) is 2. The molecule has 37 heavy (non-hydrogen) atoms. The van der Waals surface area contributed by atoms with Gasteiger partial charge in [0.05, 0.1) is 18.4 Å². The van der Waals surface area contributed by atoms with E-state index in [1.54, 1.807) is 6.34 Å². The number of hydrogen-bond acceptors (Lipinski definition) is 4. The molecule has 4 rings (SSSR count). The third-order valence-electron chi connectivity index (χ3n) is 6.61. The van der Waals surface area contributed by atoms with Crippen LogP contribution in [0.15, 0.2) is 113 Å². The Morgan fingerprint density at radius 1 is 1.08 bits per heavy atom. The molecule has 3 N–H and O–H groups in total. The molecule has 1 saturated carbocycles. The average Bonchev–Trinajstić information content (AvgIpc) is 3.15. The van der Waals surface area contributed by atoms with Crippen LogP contribution in [-0.4, -0.2) is 30.9 Å². The van der Waals surface area contributed by atoms with Gasteiger partial charge < -0.3 is 15.8 Å². The number of benzene rings is 2. The fourth-order valence-electron chi connectivity index (χ4n) is 4.39. The molecule has 5 heteroatoms. The first-order chi connectivity index (χ1) is 18.1. The molecule has 0 saturated heterocycles. The van der Waals surface area contributed by atoms with Crippen LogP contribution >= 0.6 is 0 Å². The monoisotopic (exact) mass is 496 g/mol. The molecule has 2 aromatic rings. The lowest BCUT2D eigenvalue weighted by atomic mass is 10.0. The number of nitrogens with one attached hydrogen (secondary N) is 1. The van der Waals surface area contributed by atoms with Crippen LogP contribution in [0.2, 0.25) is 0 Å². The predicted molar refractivity (Wildman–Crippen MR) is 157 cm³/mol. The van der Waals surface area contributed by atoms with Crippen molar-refractivity contribution in [3.8, 4) is 0 Å². The van der Waals surface area contributed by atoms with E-state index in [9.17, 15) is 0 Å². The molecule has 1 fully saturated rings. The molecule has 2 aliphatic carbocycles. The Bertz CT molecular complexity index is 1130. The Labute approximate surface area is 222 Å². The third-order valence-corrected chi connectivity index (χ3v) is 6.61. The van der Waals surface area contributed by atoms with Crippen molar-refractivity contribution in [2.24, 2.45) is 21.6 Å². The molecule has 3 atom stereocenters. The summed E-state index contributed by atoms with van der Waals surface area (Å²) in [6.45, 7) is 11.2. The molecule has 0 spiro atoms. The van der Waals surface area contributed by atoms with Gasteiger partial charge in [-0.05, 0) is 61.5 Å². The van der Waals surface area contributed by atoms with Gasteiger partial charge in [0.2, 0.25) is 0 Å². The maximum absolute atomic E-state index is 6.21. The summed E-state index contributed by atoms with van der Waals surface area (Å²) in [7, 11) is 0. The van der Waals surface area contributed by atoms with E-state index in [0.717, 1.165) is 36.2 Å². The van der Waals surface area contributed by atoms with Gasteiger partial charge in [-0.3, -0.25) is 4.99 Å². The van der Waals surface area contributed by atoms with Crippen molar-refractivity contribution >= 4 is 12.1 Å². The number of aryl methyl sites for hydroxylation is 1. The first-order valence-electron chi connectivity index (χ1n) is 12.9. The van der Waals surface area contributed by atoms with Crippen LogP contribution in [0.5, 0.6) is 0 Å². The number of allylic oxidation sites excluding steroid dienone is 4. The number of nitrogens with zero attached hydrogens (tertiary/aromatic N) is 2. The zero-order valence-electron chi connectivity index (χ0n) is 22.1. The molecule has 0 radical (unpaired) electrons. The quantitative estimate of drug-likeness (QED) is 0.238. The highest BCUT2D eigenvalue weighted by molar-refractivity contribution is 5.95. The lowest BCUT2D eigenvalue weighted by molar-refractivity contribution is 0.0952. The molecule has 0 heterocycles. The van der Waals surface area contributed by atoms with Crippen molar-refractivity contribution in [2.45, 2.75) is 51.9 Å². The average molecular weight is 497 g/mol. The summed E-state index contributed by atoms with van der Waals surface area (Å²) in [5.41, 5.74) is 13.1. The fraction of sp³-hybridized carbons (Fsp3) is 0.312. The first kappa shape index (κ1) is 28.0. The minimum absolute atomic E-state index is 0.126. The second-order valence-corrected chi connectivity index (χ2v) is 9.29. The molecule has 194 valence electrons. The van der Waals surface area contributed by atoms with Crippen LogP contribution in [-0.2, 0) is 17.8 Å². The highest BCUT2D eigenvalue weighted by Gasteiger charge is 2.26. The van der Waals surface area contributed by atoms with Gasteiger partial charge in [-0.15, -0.1) is 13.2 Å². The third kappa shape index (κ3) is 8.81. The molecular weight excluding hydrogens is 456 g/mol. The Hall–Kier alpha value is -3.54. The first-order valence-corrected chi connectivity index (χ1v) is 12.9. The van der Waals surface area contributed by atoms with Crippen LogP contribution in [0.1, 0.15) is 36.5 Å². The standard InChI is InChI=1S/C30H36N4O.C2H4/c1-22-8-10-24(11-9-22)18-30(23(2)35-19-25-6-4-3-5-7-25)34-21-32-20-33-27-14-12-26-13-17-29(31)28(26)16-15-27;1-2/h3-12,14-16,21,23,26,29,33H,13,17-20,31H2,1-2H3;1-2H2/b32-21-,34-30?;. The summed E-state index contributed by atoms with van der Waals surface area (Å²) in [6.07, 6.45) is 13.1. The number of rotatable bonds is 10. The second-order valence-electron chi connectivity index (χ2n) is 9.29. The molecule has 2 aliphatic rings. The van der Waals surface area contributed by atoms with Crippen molar-refractivity contribution in [1.29, 1.82) is 0 Å². The van der Waals surface area contributed by atoms with Gasteiger partial charge in [-0.25, -0.2) is 4.99 Å². The van der Waals surface area contributed by atoms with Gasteiger partial charge in [-0.2, -0.15) is 0 Å². The lowest BCUT2D eigenvalue weighted by Gasteiger charge is -2.16. The van der Waals surface area contributed by atoms with Gasteiger partial charge >= 0.3 is 0 Å². The number of ether oxygens (including phenoxy) is 1. The van der Waals surface area contributed by atoms with E-state index in [-0.39, 0.29) is 12.1 Å². The van der Waals surface area contributed by atoms with Crippen LogP contribution in [0.4, 0.5) is 0 Å². The van der Waals surface area contributed by atoms with Crippen molar-refractivity contribution in [3.63, 3.8) is 0 Å². The number of aliphatic imine (C=N–C) groups is 2. The molecule has 0 amide bonds. The van der Waals surface area contributed by atoms with Crippen molar-refractivity contribution in [3.05, 3.63) is 120 Å². The topological polar surface area (TPSA) is 72.0 Å². The summed E-state index contributed by atoms with van der Waals surface area (Å²) in [5, 5.41) is 3.36. The smallest absolute Gasteiger partial charge is 0.112 e. The Morgan fingerprint density at radius 2 is 1.84 bits per heavy atom. The summed E-state index contributed by atoms with van der Waals surface area (Å²) < 4.78 is 6.15. The lowest BCUT2D eigenvalue weighted by Crippen LogP contribution is -2.23. The van der Waals surface area contributed by atoms with Crippen LogP contribution in [0.3, 0.4) is 0 Å². The van der Waals surface area contributed by atoms with E-state index in [1.807, 2.05) is 18.2 Å². The summed E-state index contributed by atoms with van der Waals surface area (Å²) in [4.78, 5) is 9.19. The molecule has 2 aromatic carbocycles.